The minimum Gasteiger partial charge on any atom is -0.466 e. The van der Waals surface area contributed by atoms with Crippen molar-refractivity contribution in [2.75, 3.05) is 21.2 Å². The monoisotopic (exact) mass is 357 g/mol. The second-order valence-corrected chi connectivity index (χ2v) is 7.72. The average Bonchev–Trinajstić information content (AvgIpc) is 3.36. The highest BCUT2D eigenvalue weighted by Gasteiger charge is 2.39. The van der Waals surface area contributed by atoms with Gasteiger partial charge in [0.15, 0.2) is 5.78 Å². The van der Waals surface area contributed by atoms with Crippen molar-refractivity contribution in [2.45, 2.75) is 19.3 Å². The van der Waals surface area contributed by atoms with E-state index in [2.05, 4.69) is 6.08 Å². The third kappa shape index (κ3) is 3.98. The highest BCUT2D eigenvalue weighted by molar-refractivity contribution is 8.07. The molecule has 0 saturated heterocycles. The zero-order valence-corrected chi connectivity index (χ0v) is 15.6. The van der Waals surface area contributed by atoms with E-state index in [1.54, 1.807) is 11.8 Å². The van der Waals surface area contributed by atoms with Crippen LogP contribution < -0.4 is 0 Å². The molecule has 1 atom stereocenters. The molecule has 1 fully saturated rings. The van der Waals surface area contributed by atoms with Crippen LogP contribution in [0.1, 0.15) is 29.6 Å². The number of allylic oxidation sites excluding steroid dienone is 2. The summed E-state index contributed by atoms with van der Waals surface area (Å²) < 4.78 is 5.03. The summed E-state index contributed by atoms with van der Waals surface area (Å²) in [6, 6.07) is 9.26. The first-order valence-electron chi connectivity index (χ1n) is 8.49. The lowest BCUT2D eigenvalue weighted by atomic mass is 9.90. The minimum absolute atomic E-state index is 0.0503. The summed E-state index contributed by atoms with van der Waals surface area (Å²) in [5.74, 6) is 0.0657. The summed E-state index contributed by atoms with van der Waals surface area (Å²) in [6.07, 6.45) is 4.91. The standard InChI is InChI=1S/C20H23NO3S/c1-21(2)19-18(20(23)24-3)15(17(25-19)11-13-9-10-13)12-16(22)14-7-5-4-6-8-14/h4-8,11,13,15H,9-10,12H2,1-3H3/b17-11-. The van der Waals surface area contributed by atoms with Crippen LogP contribution in [0.4, 0.5) is 0 Å². The third-order valence-corrected chi connectivity index (χ3v) is 5.89. The molecule has 1 aromatic rings. The fraction of sp³-hybridized carbons (Fsp3) is 0.400. The van der Waals surface area contributed by atoms with Crippen LogP contribution in [0.3, 0.4) is 0 Å². The molecule has 3 rings (SSSR count). The number of nitrogens with zero attached hydrogens (tertiary/aromatic N) is 1. The number of Topliss-reactive ketones (excluding diaryl/α,β-unsaturated/α-hetero) is 1. The summed E-state index contributed by atoms with van der Waals surface area (Å²) in [6.45, 7) is 0. The van der Waals surface area contributed by atoms with Gasteiger partial charge in [-0.3, -0.25) is 4.79 Å². The van der Waals surface area contributed by atoms with E-state index in [-0.39, 0.29) is 24.1 Å². The largest absolute Gasteiger partial charge is 0.466 e. The van der Waals surface area contributed by atoms with Crippen molar-refractivity contribution in [3.05, 3.63) is 57.5 Å². The molecule has 1 heterocycles. The van der Waals surface area contributed by atoms with Crippen LogP contribution in [0.5, 0.6) is 0 Å². The van der Waals surface area contributed by atoms with Crippen molar-refractivity contribution in [1.29, 1.82) is 0 Å². The maximum Gasteiger partial charge on any atom is 0.337 e. The van der Waals surface area contributed by atoms with E-state index >= 15 is 0 Å². The van der Waals surface area contributed by atoms with Crippen LogP contribution in [-0.4, -0.2) is 37.9 Å². The molecule has 5 heteroatoms. The minimum atomic E-state index is -0.346. The molecule has 0 radical (unpaired) electrons. The van der Waals surface area contributed by atoms with Crippen LogP contribution in [-0.2, 0) is 9.53 Å². The Balaban J connectivity index is 1.94. The zero-order valence-electron chi connectivity index (χ0n) is 14.8. The summed E-state index contributed by atoms with van der Waals surface area (Å²) >= 11 is 1.60. The van der Waals surface area contributed by atoms with E-state index in [0.29, 0.717) is 17.1 Å². The number of methoxy groups -OCH3 is 1. The number of rotatable bonds is 6. The van der Waals surface area contributed by atoms with Gasteiger partial charge in [-0.05, 0) is 23.7 Å². The van der Waals surface area contributed by atoms with Gasteiger partial charge in [-0.1, -0.05) is 48.2 Å². The van der Waals surface area contributed by atoms with Crippen LogP contribution in [0, 0.1) is 11.8 Å². The molecular weight excluding hydrogens is 334 g/mol. The number of thioether (sulfide) groups is 1. The van der Waals surface area contributed by atoms with Gasteiger partial charge in [-0.15, -0.1) is 0 Å². The van der Waals surface area contributed by atoms with Gasteiger partial charge in [0.25, 0.3) is 0 Å². The van der Waals surface area contributed by atoms with Gasteiger partial charge in [0.05, 0.1) is 17.7 Å². The molecular formula is C20H23NO3S. The van der Waals surface area contributed by atoms with Crippen molar-refractivity contribution in [3.63, 3.8) is 0 Å². The average molecular weight is 357 g/mol. The first-order chi connectivity index (χ1) is 12.0. The Kier molecular flexibility index (Phi) is 5.33. The van der Waals surface area contributed by atoms with Gasteiger partial charge in [0, 0.05) is 32.0 Å². The number of carbonyl (C=O) groups is 2. The molecule has 0 bridgehead atoms. The Morgan fingerprint density at radius 3 is 2.48 bits per heavy atom. The van der Waals surface area contributed by atoms with Crippen molar-refractivity contribution < 1.29 is 14.3 Å². The maximum absolute atomic E-state index is 12.8. The normalized spacial score (nSPS) is 21.6. The highest BCUT2D eigenvalue weighted by atomic mass is 32.2. The molecule has 25 heavy (non-hydrogen) atoms. The van der Waals surface area contributed by atoms with E-state index < -0.39 is 0 Å². The second kappa shape index (κ2) is 7.48. The fourth-order valence-corrected chi connectivity index (χ4v) is 4.32. The Labute approximate surface area is 152 Å². The quantitative estimate of drug-likeness (QED) is 0.571. The third-order valence-electron chi connectivity index (χ3n) is 4.46. The number of ether oxygens (including phenoxy) is 1. The van der Waals surface area contributed by atoms with Crippen LogP contribution >= 0.6 is 11.8 Å². The first-order valence-corrected chi connectivity index (χ1v) is 9.30. The van der Waals surface area contributed by atoms with E-state index in [9.17, 15) is 9.59 Å². The highest BCUT2D eigenvalue weighted by Crippen LogP contribution is 2.50. The SMILES string of the molecule is COC(=O)C1=C(N(C)C)S/C(=C\C2CC2)C1CC(=O)c1ccccc1. The zero-order chi connectivity index (χ0) is 18.0. The lowest BCUT2D eigenvalue weighted by Gasteiger charge is -2.16. The molecule has 1 aliphatic heterocycles. The van der Waals surface area contributed by atoms with Crippen molar-refractivity contribution in [1.82, 2.24) is 4.90 Å². The molecule has 1 aromatic carbocycles. The smallest absolute Gasteiger partial charge is 0.337 e. The van der Waals surface area contributed by atoms with Gasteiger partial charge < -0.3 is 9.64 Å². The molecule has 0 spiro atoms. The predicted octanol–water partition coefficient (Wildman–Crippen LogP) is 3.86. The molecule has 132 valence electrons. The van der Waals surface area contributed by atoms with Gasteiger partial charge in [0.2, 0.25) is 0 Å². The number of hydrogen-bond donors (Lipinski definition) is 0. The Morgan fingerprint density at radius 2 is 1.92 bits per heavy atom. The van der Waals surface area contributed by atoms with Gasteiger partial charge >= 0.3 is 5.97 Å². The summed E-state index contributed by atoms with van der Waals surface area (Å²) in [7, 11) is 5.23. The fourth-order valence-electron chi connectivity index (χ4n) is 2.98. The molecule has 1 saturated carbocycles. The van der Waals surface area contributed by atoms with Gasteiger partial charge in [0.1, 0.15) is 0 Å². The Bertz CT molecular complexity index is 733. The first kappa shape index (κ1) is 17.8. The predicted molar refractivity (Wildman–Crippen MR) is 100 cm³/mol. The summed E-state index contributed by atoms with van der Waals surface area (Å²) in [4.78, 5) is 28.2. The van der Waals surface area contributed by atoms with E-state index in [4.69, 9.17) is 4.74 Å². The summed E-state index contributed by atoms with van der Waals surface area (Å²) in [5, 5.41) is 0.879. The van der Waals surface area contributed by atoms with E-state index in [1.165, 1.54) is 20.0 Å². The lowest BCUT2D eigenvalue weighted by Crippen LogP contribution is -2.20. The van der Waals surface area contributed by atoms with E-state index in [1.807, 2.05) is 49.3 Å². The van der Waals surface area contributed by atoms with Crippen LogP contribution in [0.25, 0.3) is 0 Å². The Hall–Kier alpha value is -2.01. The van der Waals surface area contributed by atoms with Crippen LogP contribution in [0.2, 0.25) is 0 Å². The second-order valence-electron chi connectivity index (χ2n) is 6.66. The molecule has 1 aliphatic carbocycles. The number of benzene rings is 1. The number of carbonyl (C=O) groups excluding carboxylic acids is 2. The molecule has 1 unspecified atom stereocenters. The number of ketones is 1. The molecule has 0 amide bonds. The Morgan fingerprint density at radius 1 is 1.24 bits per heavy atom. The van der Waals surface area contributed by atoms with Crippen molar-refractivity contribution in [3.8, 4) is 0 Å². The van der Waals surface area contributed by atoms with E-state index in [0.717, 1.165) is 9.93 Å². The summed E-state index contributed by atoms with van der Waals surface area (Å²) in [5.41, 5.74) is 1.29. The topological polar surface area (TPSA) is 46.6 Å². The molecule has 0 N–H and O–H groups in total. The van der Waals surface area contributed by atoms with Crippen molar-refractivity contribution in [2.24, 2.45) is 11.8 Å². The van der Waals surface area contributed by atoms with Gasteiger partial charge in [-0.2, -0.15) is 0 Å². The number of hydrogen-bond acceptors (Lipinski definition) is 5. The number of esters is 1. The maximum atomic E-state index is 12.8. The van der Waals surface area contributed by atoms with Crippen LogP contribution in [0.15, 0.2) is 51.9 Å². The molecule has 4 nitrogen and oxygen atoms in total. The molecule has 2 aliphatic rings. The van der Waals surface area contributed by atoms with Crippen molar-refractivity contribution >= 4 is 23.5 Å². The van der Waals surface area contributed by atoms with Gasteiger partial charge in [-0.25, -0.2) is 4.79 Å². The lowest BCUT2D eigenvalue weighted by molar-refractivity contribution is -0.136. The molecule has 0 aromatic heterocycles.